The predicted octanol–water partition coefficient (Wildman–Crippen LogP) is 4.64. The Morgan fingerprint density at radius 2 is 1.87 bits per heavy atom. The number of anilines is 1. The van der Waals surface area contributed by atoms with Crippen molar-refractivity contribution >= 4 is 34.3 Å². The zero-order valence-corrected chi connectivity index (χ0v) is 17.9. The molecule has 1 amide bonds. The second-order valence-corrected chi connectivity index (χ2v) is 8.81. The zero-order chi connectivity index (χ0) is 21.1. The molecule has 1 fully saturated rings. The maximum Gasteiger partial charge on any atom is 0.262 e. The van der Waals surface area contributed by atoms with Crippen molar-refractivity contribution in [2.24, 2.45) is 0 Å². The molecule has 156 valence electrons. The average molecular weight is 424 g/mol. The number of carbonyl (C=O) groups is 1. The van der Waals surface area contributed by atoms with Crippen LogP contribution in [0.15, 0.2) is 58.5 Å². The van der Waals surface area contributed by atoms with Crippen LogP contribution in [0.1, 0.15) is 38.6 Å². The molecule has 0 spiro atoms. The predicted molar refractivity (Wildman–Crippen MR) is 120 cm³/mol. The Morgan fingerprint density at radius 3 is 2.57 bits per heavy atom. The number of amides is 1. The normalized spacial score (nSPS) is 15.3. The van der Waals surface area contributed by atoms with E-state index in [1.807, 2.05) is 35.8 Å². The summed E-state index contributed by atoms with van der Waals surface area (Å²) in [4.78, 5) is 30.8. The topological polar surface area (TPSA) is 73.2 Å². The number of thioether (sulfide) groups is 1. The number of fused-ring (bicyclic) bond motifs is 1. The number of rotatable bonds is 6. The number of nitrogens with one attached hydrogen (secondary N) is 1. The summed E-state index contributed by atoms with van der Waals surface area (Å²) in [7, 11) is 1.60. The van der Waals surface area contributed by atoms with Gasteiger partial charge in [-0.2, -0.15) is 0 Å². The molecule has 1 saturated carbocycles. The molecular formula is C23H25N3O3S. The van der Waals surface area contributed by atoms with E-state index in [0.29, 0.717) is 21.7 Å². The lowest BCUT2D eigenvalue weighted by Crippen LogP contribution is -2.29. The SMILES string of the molecule is COc1ccc(NC(=O)[C@H](C)Sc2nc3ccccc3c(=O)n2C2CCCC2)cc1. The van der Waals surface area contributed by atoms with Gasteiger partial charge in [-0.15, -0.1) is 0 Å². The van der Waals surface area contributed by atoms with Crippen LogP contribution in [0.3, 0.4) is 0 Å². The van der Waals surface area contributed by atoms with Crippen LogP contribution in [-0.4, -0.2) is 27.8 Å². The standard InChI is InChI=1S/C23H25N3O3S/c1-15(21(27)24-16-11-13-18(29-2)14-12-16)30-23-25-20-10-6-5-9-19(20)22(28)26(23)17-7-3-4-8-17/h5-6,9-15,17H,3-4,7-8H2,1-2H3,(H,24,27)/t15-/m0/s1. The molecule has 0 bridgehead atoms. The van der Waals surface area contributed by atoms with Crippen LogP contribution in [0.5, 0.6) is 5.75 Å². The molecule has 0 aliphatic heterocycles. The summed E-state index contributed by atoms with van der Waals surface area (Å²) in [6.45, 7) is 1.84. The van der Waals surface area contributed by atoms with E-state index in [0.717, 1.165) is 31.4 Å². The second-order valence-electron chi connectivity index (χ2n) is 7.50. The third kappa shape index (κ3) is 4.21. The zero-order valence-electron chi connectivity index (χ0n) is 17.1. The molecule has 1 aromatic heterocycles. The largest absolute Gasteiger partial charge is 0.497 e. The fourth-order valence-corrected chi connectivity index (χ4v) is 4.80. The van der Waals surface area contributed by atoms with Gasteiger partial charge in [-0.3, -0.25) is 14.2 Å². The molecule has 30 heavy (non-hydrogen) atoms. The number of benzene rings is 2. The number of carbonyl (C=O) groups excluding carboxylic acids is 1. The highest BCUT2D eigenvalue weighted by atomic mass is 32.2. The highest BCUT2D eigenvalue weighted by Gasteiger charge is 2.25. The lowest BCUT2D eigenvalue weighted by Gasteiger charge is -2.20. The Kier molecular flexibility index (Phi) is 6.08. The third-order valence-electron chi connectivity index (χ3n) is 5.47. The summed E-state index contributed by atoms with van der Waals surface area (Å²) in [6, 6.07) is 14.8. The highest BCUT2D eigenvalue weighted by Crippen LogP contribution is 2.33. The maximum absolute atomic E-state index is 13.2. The number of para-hydroxylation sites is 1. The first-order chi connectivity index (χ1) is 14.6. The fraction of sp³-hybridized carbons (Fsp3) is 0.348. The van der Waals surface area contributed by atoms with E-state index in [1.54, 1.807) is 31.4 Å². The molecule has 1 aliphatic rings. The van der Waals surface area contributed by atoms with Crippen molar-refractivity contribution in [3.63, 3.8) is 0 Å². The van der Waals surface area contributed by atoms with E-state index < -0.39 is 5.25 Å². The lowest BCUT2D eigenvalue weighted by atomic mass is 10.2. The third-order valence-corrected chi connectivity index (χ3v) is 6.54. The molecule has 7 heteroatoms. The number of methoxy groups -OCH3 is 1. The van der Waals surface area contributed by atoms with Crippen LogP contribution in [0.25, 0.3) is 10.9 Å². The molecule has 4 rings (SSSR count). The molecule has 1 N–H and O–H groups in total. The van der Waals surface area contributed by atoms with Gasteiger partial charge < -0.3 is 10.1 Å². The molecule has 2 aromatic carbocycles. The molecule has 0 radical (unpaired) electrons. The average Bonchev–Trinajstić information content (AvgIpc) is 3.28. The van der Waals surface area contributed by atoms with Gasteiger partial charge in [0.15, 0.2) is 5.16 Å². The van der Waals surface area contributed by atoms with Gasteiger partial charge in [-0.1, -0.05) is 36.7 Å². The summed E-state index contributed by atoms with van der Waals surface area (Å²) in [5.41, 5.74) is 1.35. The van der Waals surface area contributed by atoms with Gasteiger partial charge in [0.2, 0.25) is 5.91 Å². The van der Waals surface area contributed by atoms with Crippen LogP contribution < -0.4 is 15.6 Å². The maximum atomic E-state index is 13.2. The first-order valence-electron chi connectivity index (χ1n) is 10.2. The van der Waals surface area contributed by atoms with E-state index in [-0.39, 0.29) is 17.5 Å². The molecule has 0 saturated heterocycles. The van der Waals surface area contributed by atoms with Crippen LogP contribution in [0.4, 0.5) is 5.69 Å². The van der Waals surface area contributed by atoms with E-state index >= 15 is 0 Å². The van der Waals surface area contributed by atoms with Crippen molar-refractivity contribution in [3.8, 4) is 5.75 Å². The highest BCUT2D eigenvalue weighted by molar-refractivity contribution is 8.00. The summed E-state index contributed by atoms with van der Waals surface area (Å²) in [5.74, 6) is 0.599. The van der Waals surface area contributed by atoms with Crippen LogP contribution in [0.2, 0.25) is 0 Å². The molecule has 1 heterocycles. The van der Waals surface area contributed by atoms with Crippen LogP contribution >= 0.6 is 11.8 Å². The van der Waals surface area contributed by atoms with Crippen molar-refractivity contribution in [1.82, 2.24) is 9.55 Å². The second kappa shape index (κ2) is 8.92. The molecular weight excluding hydrogens is 398 g/mol. The molecule has 1 aliphatic carbocycles. The fourth-order valence-electron chi connectivity index (χ4n) is 3.82. The van der Waals surface area contributed by atoms with Gasteiger partial charge in [0.05, 0.1) is 23.3 Å². The molecule has 1 atom stereocenters. The van der Waals surface area contributed by atoms with E-state index in [1.165, 1.54) is 11.8 Å². The number of nitrogens with zero attached hydrogens (tertiary/aromatic N) is 2. The van der Waals surface area contributed by atoms with Gasteiger partial charge in [0.1, 0.15) is 5.75 Å². The Hall–Kier alpha value is -2.80. The molecule has 0 unspecified atom stereocenters. The quantitative estimate of drug-likeness (QED) is 0.462. The van der Waals surface area contributed by atoms with E-state index in [2.05, 4.69) is 5.32 Å². The molecule has 6 nitrogen and oxygen atoms in total. The van der Waals surface area contributed by atoms with Gasteiger partial charge in [0.25, 0.3) is 5.56 Å². The molecule has 3 aromatic rings. The van der Waals surface area contributed by atoms with Crippen molar-refractivity contribution in [1.29, 1.82) is 0 Å². The Bertz CT molecular complexity index is 1100. The first kappa shape index (κ1) is 20.5. The Balaban J connectivity index is 1.60. The minimum absolute atomic E-state index is 0.0160. The number of ether oxygens (including phenoxy) is 1. The lowest BCUT2D eigenvalue weighted by molar-refractivity contribution is -0.115. The van der Waals surface area contributed by atoms with Gasteiger partial charge >= 0.3 is 0 Å². The Morgan fingerprint density at radius 1 is 1.17 bits per heavy atom. The summed E-state index contributed by atoms with van der Waals surface area (Å²) >= 11 is 1.34. The summed E-state index contributed by atoms with van der Waals surface area (Å²) < 4.78 is 6.97. The van der Waals surface area contributed by atoms with Crippen molar-refractivity contribution < 1.29 is 9.53 Å². The first-order valence-corrected chi connectivity index (χ1v) is 11.1. The smallest absolute Gasteiger partial charge is 0.262 e. The summed E-state index contributed by atoms with van der Waals surface area (Å²) in [6.07, 6.45) is 4.17. The number of hydrogen-bond donors (Lipinski definition) is 1. The van der Waals surface area contributed by atoms with E-state index in [9.17, 15) is 9.59 Å². The Labute approximate surface area is 179 Å². The number of aromatic nitrogens is 2. The monoisotopic (exact) mass is 423 g/mol. The van der Waals surface area contributed by atoms with Gasteiger partial charge in [-0.05, 0) is 56.2 Å². The van der Waals surface area contributed by atoms with Gasteiger partial charge in [0, 0.05) is 11.7 Å². The minimum Gasteiger partial charge on any atom is -0.497 e. The van der Waals surface area contributed by atoms with Crippen LogP contribution in [0, 0.1) is 0 Å². The van der Waals surface area contributed by atoms with E-state index in [4.69, 9.17) is 9.72 Å². The van der Waals surface area contributed by atoms with Crippen molar-refractivity contribution in [2.45, 2.75) is 49.1 Å². The summed E-state index contributed by atoms with van der Waals surface area (Å²) in [5, 5.41) is 3.76. The van der Waals surface area contributed by atoms with Crippen molar-refractivity contribution in [2.75, 3.05) is 12.4 Å². The van der Waals surface area contributed by atoms with Crippen molar-refractivity contribution in [3.05, 3.63) is 58.9 Å². The number of hydrogen-bond acceptors (Lipinski definition) is 5. The minimum atomic E-state index is -0.409. The van der Waals surface area contributed by atoms with Crippen LogP contribution in [-0.2, 0) is 4.79 Å². The van der Waals surface area contributed by atoms with Gasteiger partial charge in [-0.25, -0.2) is 4.98 Å².